The monoisotopic (exact) mass is 346 g/mol. The number of hydrogen-bond acceptors (Lipinski definition) is 2. The van der Waals surface area contributed by atoms with Gasteiger partial charge in [-0.25, -0.2) is 0 Å². The molecule has 24 heavy (non-hydrogen) atoms. The van der Waals surface area contributed by atoms with Crippen LogP contribution < -0.4 is 0 Å². The number of hydrogen-bond donors (Lipinski definition) is 0. The molecular formula is C22H34OS. The fourth-order valence-electron chi connectivity index (χ4n) is 5.50. The van der Waals surface area contributed by atoms with Gasteiger partial charge in [0, 0.05) is 11.0 Å². The lowest BCUT2D eigenvalue weighted by atomic mass is 9.51. The Bertz CT molecular complexity index is 585. The maximum absolute atomic E-state index is 13.3. The minimum atomic E-state index is -0.143. The highest BCUT2D eigenvalue weighted by Gasteiger charge is 2.56. The molecule has 2 saturated carbocycles. The number of Topliss-reactive ketones (excluding diaryl/α,β-unsaturated/α-hetero) is 1. The van der Waals surface area contributed by atoms with Crippen LogP contribution in [0.5, 0.6) is 0 Å². The lowest BCUT2D eigenvalue weighted by Gasteiger charge is -2.52. The van der Waals surface area contributed by atoms with Crippen molar-refractivity contribution in [2.24, 2.45) is 22.7 Å². The summed E-state index contributed by atoms with van der Waals surface area (Å²) in [5.41, 5.74) is 4.74. The van der Waals surface area contributed by atoms with Gasteiger partial charge >= 0.3 is 0 Å². The van der Waals surface area contributed by atoms with Crippen LogP contribution in [0.2, 0.25) is 0 Å². The third kappa shape index (κ3) is 2.83. The topological polar surface area (TPSA) is 17.1 Å². The van der Waals surface area contributed by atoms with Gasteiger partial charge in [-0.15, -0.1) is 11.8 Å². The molecule has 3 rings (SSSR count). The number of allylic oxidation sites excluding steroid dienone is 3. The van der Waals surface area contributed by atoms with Gasteiger partial charge in [0.25, 0.3) is 0 Å². The zero-order valence-corrected chi connectivity index (χ0v) is 17.0. The second kappa shape index (κ2) is 6.67. The quantitative estimate of drug-likeness (QED) is 0.326. The highest BCUT2D eigenvalue weighted by molar-refractivity contribution is 8.02. The van der Waals surface area contributed by atoms with Crippen LogP contribution in [-0.2, 0) is 4.79 Å². The minimum Gasteiger partial charge on any atom is -0.294 e. The molecule has 3 aliphatic carbocycles. The fourth-order valence-corrected chi connectivity index (χ4v) is 6.28. The Hall–Kier alpha value is -0.500. The van der Waals surface area contributed by atoms with Crippen molar-refractivity contribution in [3.05, 3.63) is 22.1 Å². The van der Waals surface area contributed by atoms with Gasteiger partial charge in [-0.3, -0.25) is 4.79 Å². The van der Waals surface area contributed by atoms with Crippen LogP contribution in [0.3, 0.4) is 0 Å². The number of ketones is 1. The molecule has 0 radical (unpaired) electrons. The largest absolute Gasteiger partial charge is 0.294 e. The van der Waals surface area contributed by atoms with E-state index in [2.05, 4.69) is 40.0 Å². The Kier molecular flexibility index (Phi) is 5.08. The van der Waals surface area contributed by atoms with Crippen LogP contribution >= 0.6 is 11.8 Å². The maximum atomic E-state index is 13.3. The lowest BCUT2D eigenvalue weighted by molar-refractivity contribution is -0.130. The average molecular weight is 347 g/mol. The molecule has 0 bridgehead atoms. The van der Waals surface area contributed by atoms with E-state index < -0.39 is 0 Å². The second-order valence-electron chi connectivity index (χ2n) is 9.01. The van der Waals surface area contributed by atoms with Gasteiger partial charge < -0.3 is 0 Å². The Morgan fingerprint density at radius 1 is 1.21 bits per heavy atom. The third-order valence-corrected chi connectivity index (χ3v) is 8.11. The molecule has 0 aromatic rings. The molecule has 0 aromatic heterocycles. The third-order valence-electron chi connectivity index (χ3n) is 7.01. The highest BCUT2D eigenvalue weighted by Crippen LogP contribution is 2.63. The highest BCUT2D eigenvalue weighted by atomic mass is 32.2. The first-order valence-corrected chi connectivity index (χ1v) is 11.0. The molecule has 0 amide bonds. The second-order valence-corrected chi connectivity index (χ2v) is 9.98. The molecule has 0 saturated heterocycles. The standard InChI is InChI=1S/C22H34OS/c1-6-13-24-14-16-7-8-18-19-17(15(2)3)9-10-21(19,4)11-12-22(18,5)20(16)23/h14-15,18H,6-13H2,1-5H3/b16-14+/t18-,21-,22-/m1/s1. The molecule has 2 fully saturated rings. The van der Waals surface area contributed by atoms with E-state index in [1.807, 2.05) is 11.8 Å². The van der Waals surface area contributed by atoms with Crippen molar-refractivity contribution in [1.82, 2.24) is 0 Å². The number of carbonyl (C=O) groups excluding carboxylic acids is 1. The van der Waals surface area contributed by atoms with Crippen molar-refractivity contribution < 1.29 is 4.79 Å². The summed E-state index contributed by atoms with van der Waals surface area (Å²) in [6.07, 6.45) is 8.20. The lowest BCUT2D eigenvalue weighted by Crippen LogP contribution is -2.48. The smallest absolute Gasteiger partial charge is 0.165 e. The predicted molar refractivity (Wildman–Crippen MR) is 105 cm³/mol. The Morgan fingerprint density at radius 2 is 1.96 bits per heavy atom. The van der Waals surface area contributed by atoms with Crippen molar-refractivity contribution in [3.63, 3.8) is 0 Å². The first kappa shape index (κ1) is 18.3. The Labute approximate surface area is 152 Å². The number of carbonyl (C=O) groups is 1. The molecule has 3 aliphatic rings. The van der Waals surface area contributed by atoms with Gasteiger partial charge in [-0.05, 0) is 73.4 Å². The van der Waals surface area contributed by atoms with Gasteiger partial charge in [0.1, 0.15) is 0 Å². The number of fused-ring (bicyclic) bond motifs is 3. The van der Waals surface area contributed by atoms with Crippen LogP contribution in [0, 0.1) is 22.7 Å². The molecule has 0 aliphatic heterocycles. The summed E-state index contributed by atoms with van der Waals surface area (Å²) in [6, 6.07) is 0. The van der Waals surface area contributed by atoms with Gasteiger partial charge in [-0.1, -0.05) is 45.8 Å². The summed E-state index contributed by atoms with van der Waals surface area (Å²) in [5, 5.41) is 2.19. The Balaban J connectivity index is 1.94. The molecule has 2 heteroatoms. The molecule has 134 valence electrons. The predicted octanol–water partition coefficient (Wildman–Crippen LogP) is 6.55. The zero-order chi connectivity index (χ0) is 17.5. The van der Waals surface area contributed by atoms with Gasteiger partial charge in [0.2, 0.25) is 0 Å². The number of thioether (sulfide) groups is 1. The molecule has 0 spiro atoms. The van der Waals surface area contributed by atoms with Crippen LogP contribution in [0.25, 0.3) is 0 Å². The van der Waals surface area contributed by atoms with E-state index in [1.165, 1.54) is 32.1 Å². The zero-order valence-electron chi connectivity index (χ0n) is 16.2. The van der Waals surface area contributed by atoms with E-state index in [1.54, 1.807) is 11.1 Å². The van der Waals surface area contributed by atoms with E-state index in [9.17, 15) is 4.79 Å². The van der Waals surface area contributed by atoms with Crippen molar-refractivity contribution >= 4 is 17.5 Å². The molecular weight excluding hydrogens is 312 g/mol. The SMILES string of the molecule is CCCS/C=C1\CC[C@@H]2C3=C(C(C)C)CC[C@]3(C)CC[C@@]2(C)C1=O. The van der Waals surface area contributed by atoms with Crippen LogP contribution in [0.1, 0.15) is 79.6 Å². The maximum Gasteiger partial charge on any atom is 0.165 e. The van der Waals surface area contributed by atoms with Crippen molar-refractivity contribution in [2.75, 3.05) is 5.75 Å². The average Bonchev–Trinajstić information content (AvgIpc) is 2.89. The van der Waals surface area contributed by atoms with Crippen LogP contribution in [0.4, 0.5) is 0 Å². The van der Waals surface area contributed by atoms with E-state index in [4.69, 9.17) is 0 Å². The molecule has 1 nitrogen and oxygen atoms in total. The summed E-state index contributed by atoms with van der Waals surface area (Å²) in [4.78, 5) is 13.3. The number of rotatable bonds is 4. The summed E-state index contributed by atoms with van der Waals surface area (Å²) in [6.45, 7) is 11.6. The van der Waals surface area contributed by atoms with Crippen LogP contribution in [0.15, 0.2) is 22.1 Å². The van der Waals surface area contributed by atoms with E-state index >= 15 is 0 Å². The molecule has 0 unspecified atom stereocenters. The fraction of sp³-hybridized carbons (Fsp3) is 0.773. The minimum absolute atomic E-state index is 0.143. The Morgan fingerprint density at radius 3 is 2.62 bits per heavy atom. The first-order chi connectivity index (χ1) is 11.3. The van der Waals surface area contributed by atoms with E-state index in [-0.39, 0.29) is 5.41 Å². The first-order valence-electron chi connectivity index (χ1n) is 9.92. The van der Waals surface area contributed by atoms with E-state index in [0.717, 1.165) is 24.2 Å². The summed E-state index contributed by atoms with van der Waals surface area (Å²) in [7, 11) is 0. The van der Waals surface area contributed by atoms with E-state index in [0.29, 0.717) is 23.0 Å². The van der Waals surface area contributed by atoms with Gasteiger partial charge in [0.15, 0.2) is 5.78 Å². The van der Waals surface area contributed by atoms with Gasteiger partial charge in [-0.2, -0.15) is 0 Å². The van der Waals surface area contributed by atoms with Crippen molar-refractivity contribution in [2.45, 2.75) is 79.6 Å². The van der Waals surface area contributed by atoms with Crippen LogP contribution in [-0.4, -0.2) is 11.5 Å². The summed E-state index contributed by atoms with van der Waals surface area (Å²) in [5.74, 6) is 2.72. The molecule has 0 heterocycles. The molecule has 3 atom stereocenters. The van der Waals surface area contributed by atoms with Gasteiger partial charge in [0.05, 0.1) is 0 Å². The molecule has 0 aromatic carbocycles. The van der Waals surface area contributed by atoms with Crippen molar-refractivity contribution in [1.29, 1.82) is 0 Å². The summed E-state index contributed by atoms with van der Waals surface area (Å²) < 4.78 is 0. The molecule has 0 N–H and O–H groups in total. The van der Waals surface area contributed by atoms with Crippen molar-refractivity contribution in [3.8, 4) is 0 Å². The normalized spacial score (nSPS) is 38.0. The summed E-state index contributed by atoms with van der Waals surface area (Å²) >= 11 is 1.83.